The lowest BCUT2D eigenvalue weighted by atomic mass is 9.76. The number of anilines is 1. The van der Waals surface area contributed by atoms with Crippen LogP contribution in [0.4, 0.5) is 10.1 Å². The highest BCUT2D eigenvalue weighted by Gasteiger charge is 2.38. The lowest BCUT2D eigenvalue weighted by Gasteiger charge is -2.40. The molecule has 1 unspecified atom stereocenters. The molecule has 11 heteroatoms. The van der Waals surface area contributed by atoms with E-state index in [4.69, 9.17) is 22.1 Å². The van der Waals surface area contributed by atoms with E-state index < -0.39 is 33.8 Å². The van der Waals surface area contributed by atoms with Gasteiger partial charge in [0.1, 0.15) is 5.82 Å². The molecule has 0 radical (unpaired) electrons. The van der Waals surface area contributed by atoms with Crippen molar-refractivity contribution in [2.75, 3.05) is 31.6 Å². The molecule has 0 bridgehead atoms. The van der Waals surface area contributed by atoms with Crippen molar-refractivity contribution in [1.29, 1.82) is 0 Å². The largest absolute Gasteiger partial charge is 0.381 e. The number of amides is 1. The number of benzene rings is 3. The van der Waals surface area contributed by atoms with Crippen LogP contribution in [0.5, 0.6) is 0 Å². The number of hydrogen-bond donors (Lipinski definition) is 3. The van der Waals surface area contributed by atoms with Crippen LogP contribution in [0.25, 0.3) is 0 Å². The fourth-order valence-corrected chi connectivity index (χ4v) is 8.52. The standard InChI is InChI=1S/C33H40ClFN4O4S/c1-22-20-37-21-26(39(22)44(41,42)27-6-3-2-4-7-27)14-15-28-29(35)8-5-9-30(28)38-33(40)32(36)31(24-16-18-43-19-17-24)23-10-12-25(34)13-11-23/h2-13,22,24,26,31-32,37H,14-21,36H2,1H3,(H,38,40)/t22-,26-,31?,32-/m0/s1. The van der Waals surface area contributed by atoms with E-state index in [9.17, 15) is 13.2 Å². The minimum absolute atomic E-state index is 0.135. The Morgan fingerprint density at radius 3 is 2.48 bits per heavy atom. The molecule has 0 saturated carbocycles. The third-order valence-corrected chi connectivity index (χ3v) is 11.1. The smallest absolute Gasteiger partial charge is 0.243 e. The Bertz CT molecular complexity index is 1520. The molecule has 3 aromatic carbocycles. The van der Waals surface area contributed by atoms with E-state index in [-0.39, 0.29) is 29.2 Å². The van der Waals surface area contributed by atoms with Gasteiger partial charge in [-0.3, -0.25) is 4.79 Å². The number of halogens is 2. The predicted octanol–water partition coefficient (Wildman–Crippen LogP) is 4.94. The third-order valence-electron chi connectivity index (χ3n) is 8.76. The summed E-state index contributed by atoms with van der Waals surface area (Å²) in [5.74, 6) is -1.02. The average Bonchev–Trinajstić information content (AvgIpc) is 3.02. The van der Waals surface area contributed by atoms with Gasteiger partial charge < -0.3 is 21.1 Å². The monoisotopic (exact) mass is 642 g/mol. The van der Waals surface area contributed by atoms with Crippen LogP contribution in [-0.4, -0.2) is 63.1 Å². The van der Waals surface area contributed by atoms with Gasteiger partial charge in [-0.05, 0) is 80.5 Å². The second kappa shape index (κ2) is 14.5. The lowest BCUT2D eigenvalue weighted by Crippen LogP contribution is -2.58. The topological polar surface area (TPSA) is 114 Å². The summed E-state index contributed by atoms with van der Waals surface area (Å²) in [6.07, 6.45) is 2.12. The van der Waals surface area contributed by atoms with Crippen molar-refractivity contribution >= 4 is 33.2 Å². The van der Waals surface area contributed by atoms with Gasteiger partial charge >= 0.3 is 0 Å². The van der Waals surface area contributed by atoms with Crippen molar-refractivity contribution in [2.45, 2.75) is 61.5 Å². The van der Waals surface area contributed by atoms with Crippen molar-refractivity contribution in [3.8, 4) is 0 Å². The summed E-state index contributed by atoms with van der Waals surface area (Å²) >= 11 is 6.14. The highest BCUT2D eigenvalue weighted by Crippen LogP contribution is 2.36. The Morgan fingerprint density at radius 2 is 1.77 bits per heavy atom. The van der Waals surface area contributed by atoms with Crippen molar-refractivity contribution in [3.63, 3.8) is 0 Å². The van der Waals surface area contributed by atoms with Crippen LogP contribution in [-0.2, 0) is 26.0 Å². The van der Waals surface area contributed by atoms with Gasteiger partial charge in [0.2, 0.25) is 15.9 Å². The molecule has 236 valence electrons. The summed E-state index contributed by atoms with van der Waals surface area (Å²) in [6, 6.07) is 18.7. The molecule has 0 aliphatic carbocycles. The van der Waals surface area contributed by atoms with Crippen molar-refractivity contribution in [1.82, 2.24) is 9.62 Å². The van der Waals surface area contributed by atoms with E-state index in [0.717, 1.165) is 18.4 Å². The molecule has 0 aromatic heterocycles. The highest BCUT2D eigenvalue weighted by molar-refractivity contribution is 7.89. The van der Waals surface area contributed by atoms with E-state index in [1.54, 1.807) is 58.9 Å². The van der Waals surface area contributed by atoms with Crippen LogP contribution >= 0.6 is 11.6 Å². The molecule has 2 aliphatic heterocycles. The summed E-state index contributed by atoms with van der Waals surface area (Å²) in [4.78, 5) is 13.9. The van der Waals surface area contributed by atoms with Crippen LogP contribution in [0, 0.1) is 11.7 Å². The van der Waals surface area contributed by atoms with Gasteiger partial charge in [0.05, 0.1) is 10.9 Å². The number of hydrogen-bond acceptors (Lipinski definition) is 6. The molecular formula is C33H40ClFN4O4S. The fourth-order valence-electron chi connectivity index (χ4n) is 6.53. The third kappa shape index (κ3) is 7.33. The summed E-state index contributed by atoms with van der Waals surface area (Å²) in [5, 5.41) is 6.81. The first-order valence-electron chi connectivity index (χ1n) is 15.1. The van der Waals surface area contributed by atoms with Crippen molar-refractivity contribution < 1.29 is 22.3 Å². The van der Waals surface area contributed by atoms with Gasteiger partial charge in [0.25, 0.3) is 0 Å². The molecule has 8 nitrogen and oxygen atoms in total. The van der Waals surface area contributed by atoms with Crippen LogP contribution in [0.15, 0.2) is 77.7 Å². The highest BCUT2D eigenvalue weighted by atomic mass is 35.5. The Labute approximate surface area is 264 Å². The van der Waals surface area contributed by atoms with E-state index in [0.29, 0.717) is 49.0 Å². The molecule has 0 spiro atoms. The number of nitrogens with two attached hydrogens (primary N) is 1. The number of rotatable bonds is 10. The molecule has 2 fully saturated rings. The maximum Gasteiger partial charge on any atom is 0.243 e. The zero-order valence-corrected chi connectivity index (χ0v) is 26.4. The Balaban J connectivity index is 1.35. The van der Waals surface area contributed by atoms with E-state index in [1.165, 1.54) is 6.07 Å². The zero-order chi connectivity index (χ0) is 31.3. The van der Waals surface area contributed by atoms with Crippen molar-refractivity contribution in [3.05, 3.63) is 94.8 Å². The summed E-state index contributed by atoms with van der Waals surface area (Å²) in [5.41, 5.74) is 8.24. The number of nitrogens with one attached hydrogen (secondary N) is 2. The van der Waals surface area contributed by atoms with Gasteiger partial charge in [-0.15, -0.1) is 0 Å². The molecule has 1 amide bonds. The van der Waals surface area contributed by atoms with Crippen molar-refractivity contribution in [2.24, 2.45) is 11.7 Å². The minimum Gasteiger partial charge on any atom is -0.381 e. The number of nitrogens with zero attached hydrogens (tertiary/aromatic N) is 1. The van der Waals surface area contributed by atoms with Crippen LogP contribution in [0.1, 0.15) is 43.2 Å². The van der Waals surface area contributed by atoms with Gasteiger partial charge in [-0.2, -0.15) is 4.31 Å². The fraction of sp³-hybridized carbons (Fsp3) is 0.424. The normalized spacial score (nSPS) is 21.5. The number of carbonyl (C=O) groups excluding carboxylic acids is 1. The van der Waals surface area contributed by atoms with Crippen LogP contribution in [0.3, 0.4) is 0 Å². The van der Waals surface area contributed by atoms with Gasteiger partial charge in [0, 0.05) is 60.6 Å². The maximum absolute atomic E-state index is 15.3. The second-order valence-electron chi connectivity index (χ2n) is 11.7. The summed E-state index contributed by atoms with van der Waals surface area (Å²) in [7, 11) is -3.77. The number of ether oxygens (including phenoxy) is 1. The minimum atomic E-state index is -3.77. The zero-order valence-electron chi connectivity index (χ0n) is 24.8. The Kier molecular flexibility index (Phi) is 10.7. The SMILES string of the molecule is C[C@H]1CNC[C@H](CCc2c(F)cccc2NC(=O)[C@@H](N)C(c2ccc(Cl)cc2)C2CCOCC2)N1S(=O)(=O)c1ccccc1. The number of piperazine rings is 1. The molecule has 2 saturated heterocycles. The molecule has 44 heavy (non-hydrogen) atoms. The van der Waals surface area contributed by atoms with E-state index >= 15 is 4.39 Å². The van der Waals surface area contributed by atoms with Gasteiger partial charge in [0.15, 0.2) is 0 Å². The maximum atomic E-state index is 15.3. The molecule has 2 heterocycles. The molecule has 2 aliphatic rings. The van der Waals surface area contributed by atoms with E-state index in [2.05, 4.69) is 10.6 Å². The first-order valence-corrected chi connectivity index (χ1v) is 16.9. The molecule has 3 aromatic rings. The molecule has 4 N–H and O–H groups in total. The molecule has 5 rings (SSSR count). The summed E-state index contributed by atoms with van der Waals surface area (Å²) in [6.45, 7) is 4.02. The van der Waals surface area contributed by atoms with E-state index in [1.807, 2.05) is 19.1 Å². The lowest BCUT2D eigenvalue weighted by molar-refractivity contribution is -0.118. The quantitative estimate of drug-likeness (QED) is 0.289. The summed E-state index contributed by atoms with van der Waals surface area (Å²) < 4.78 is 49.7. The Morgan fingerprint density at radius 1 is 1.07 bits per heavy atom. The first kappa shape index (κ1) is 32.5. The Hall–Kier alpha value is -2.86. The van der Waals surface area contributed by atoms with Crippen LogP contribution in [0.2, 0.25) is 5.02 Å². The first-order chi connectivity index (χ1) is 21.2. The van der Waals surface area contributed by atoms with Crippen LogP contribution < -0.4 is 16.4 Å². The molecule has 4 atom stereocenters. The second-order valence-corrected chi connectivity index (χ2v) is 13.9. The predicted molar refractivity (Wildman–Crippen MR) is 171 cm³/mol. The average molecular weight is 643 g/mol. The number of sulfonamides is 1. The number of carbonyl (C=O) groups is 1. The van der Waals surface area contributed by atoms with Gasteiger partial charge in [-0.1, -0.05) is 48.0 Å². The molecular weight excluding hydrogens is 603 g/mol. The van der Waals surface area contributed by atoms with Gasteiger partial charge in [-0.25, -0.2) is 12.8 Å².